The lowest BCUT2D eigenvalue weighted by Crippen LogP contribution is -2.18. The molecule has 4 nitrogen and oxygen atoms in total. The summed E-state index contributed by atoms with van der Waals surface area (Å²) in [7, 11) is 2.00. The van der Waals surface area contributed by atoms with E-state index >= 15 is 0 Å². The lowest BCUT2D eigenvalue weighted by molar-refractivity contribution is 0.0706. The highest BCUT2D eigenvalue weighted by atomic mass is 16.5. The molecule has 18 heavy (non-hydrogen) atoms. The van der Waals surface area contributed by atoms with Crippen molar-refractivity contribution in [1.29, 1.82) is 0 Å². The molecule has 0 aliphatic carbocycles. The van der Waals surface area contributed by atoms with Gasteiger partial charge in [0.15, 0.2) is 0 Å². The van der Waals surface area contributed by atoms with E-state index in [9.17, 15) is 4.79 Å². The summed E-state index contributed by atoms with van der Waals surface area (Å²) in [4.78, 5) is 11.4. The molecule has 0 fully saturated rings. The van der Waals surface area contributed by atoms with E-state index in [1.807, 2.05) is 19.2 Å². The smallest absolute Gasteiger partial charge is 0.274 e. The number of hydroxylamine groups is 1. The fourth-order valence-electron chi connectivity index (χ4n) is 2.24. The molecule has 1 atom stereocenters. The molecular formula is C14H18N2O2. The second kappa shape index (κ2) is 4.82. The van der Waals surface area contributed by atoms with Crippen LogP contribution in [0.15, 0.2) is 24.4 Å². The van der Waals surface area contributed by atoms with Gasteiger partial charge in [-0.15, -0.1) is 0 Å². The lowest BCUT2D eigenvalue weighted by atomic mass is 9.97. The van der Waals surface area contributed by atoms with Gasteiger partial charge in [0.05, 0.1) is 0 Å². The van der Waals surface area contributed by atoms with Crippen molar-refractivity contribution in [2.45, 2.75) is 26.2 Å². The third-order valence-corrected chi connectivity index (χ3v) is 3.53. The molecular weight excluding hydrogens is 228 g/mol. The van der Waals surface area contributed by atoms with Gasteiger partial charge in [-0.2, -0.15) is 0 Å². The topological polar surface area (TPSA) is 54.3 Å². The van der Waals surface area contributed by atoms with Crippen LogP contribution in [-0.4, -0.2) is 15.7 Å². The number of nitrogens with zero attached hydrogens (tertiary/aromatic N) is 1. The summed E-state index contributed by atoms with van der Waals surface area (Å²) in [6, 6.07) is 5.46. The first-order valence-electron chi connectivity index (χ1n) is 6.11. The standard InChI is InChI=1S/C14H18N2O2/c1-4-9(2)12-8-16(3)13-6-5-10(7-11(12)13)14(17)15-18/h5-9,18H,4H2,1-3H3,(H,15,17). The van der Waals surface area contributed by atoms with Crippen LogP contribution < -0.4 is 5.48 Å². The summed E-state index contributed by atoms with van der Waals surface area (Å²) in [5.74, 6) is -0.0306. The second-order valence-corrected chi connectivity index (χ2v) is 4.68. The van der Waals surface area contributed by atoms with Gasteiger partial charge in [0.2, 0.25) is 0 Å². The Kier molecular flexibility index (Phi) is 3.39. The van der Waals surface area contributed by atoms with Gasteiger partial charge < -0.3 is 4.57 Å². The van der Waals surface area contributed by atoms with E-state index in [1.165, 1.54) is 5.56 Å². The first-order chi connectivity index (χ1) is 8.58. The summed E-state index contributed by atoms with van der Waals surface area (Å²) >= 11 is 0. The number of nitrogens with one attached hydrogen (secondary N) is 1. The maximum atomic E-state index is 11.4. The molecule has 1 aromatic carbocycles. The Morgan fingerprint density at radius 3 is 2.83 bits per heavy atom. The van der Waals surface area contributed by atoms with E-state index in [4.69, 9.17) is 5.21 Å². The number of fused-ring (bicyclic) bond motifs is 1. The third-order valence-electron chi connectivity index (χ3n) is 3.53. The van der Waals surface area contributed by atoms with E-state index in [0.717, 1.165) is 17.3 Å². The molecule has 0 bridgehead atoms. The van der Waals surface area contributed by atoms with Crippen LogP contribution in [0.1, 0.15) is 42.1 Å². The minimum atomic E-state index is -0.476. The molecule has 1 heterocycles. The summed E-state index contributed by atoms with van der Waals surface area (Å²) in [6.07, 6.45) is 3.16. The molecule has 0 aliphatic rings. The quantitative estimate of drug-likeness (QED) is 0.646. The van der Waals surface area contributed by atoms with E-state index in [-0.39, 0.29) is 0 Å². The molecule has 0 radical (unpaired) electrons. The van der Waals surface area contributed by atoms with Gasteiger partial charge in [-0.1, -0.05) is 13.8 Å². The molecule has 0 aliphatic heterocycles. The average molecular weight is 246 g/mol. The van der Waals surface area contributed by atoms with Gasteiger partial charge >= 0.3 is 0 Å². The van der Waals surface area contributed by atoms with Crippen molar-refractivity contribution in [3.05, 3.63) is 35.5 Å². The van der Waals surface area contributed by atoms with Gasteiger partial charge in [-0.25, -0.2) is 5.48 Å². The van der Waals surface area contributed by atoms with Crippen LogP contribution in [0.2, 0.25) is 0 Å². The van der Waals surface area contributed by atoms with Gasteiger partial charge in [0.1, 0.15) is 0 Å². The fourth-order valence-corrected chi connectivity index (χ4v) is 2.24. The monoisotopic (exact) mass is 246 g/mol. The molecule has 2 N–H and O–H groups in total. The number of amides is 1. The third kappa shape index (κ3) is 1.99. The Balaban J connectivity index is 2.62. The first kappa shape index (κ1) is 12.6. The predicted octanol–water partition coefficient (Wildman–Crippen LogP) is 2.81. The van der Waals surface area contributed by atoms with E-state index in [2.05, 4.69) is 24.6 Å². The molecule has 2 aromatic rings. The zero-order chi connectivity index (χ0) is 13.3. The minimum Gasteiger partial charge on any atom is -0.350 e. The second-order valence-electron chi connectivity index (χ2n) is 4.68. The molecule has 1 unspecified atom stereocenters. The summed E-state index contributed by atoms with van der Waals surface area (Å²) in [5, 5.41) is 9.76. The van der Waals surface area contributed by atoms with Gasteiger partial charge in [-0.3, -0.25) is 10.0 Å². The fraction of sp³-hybridized carbons (Fsp3) is 0.357. The number of hydrogen-bond donors (Lipinski definition) is 2. The number of hydrogen-bond acceptors (Lipinski definition) is 2. The Bertz CT molecular complexity index is 587. The van der Waals surface area contributed by atoms with Crippen LogP contribution in [0.4, 0.5) is 0 Å². The first-order valence-corrected chi connectivity index (χ1v) is 6.11. The van der Waals surface area contributed by atoms with Gasteiger partial charge in [0.25, 0.3) is 5.91 Å². The highest BCUT2D eigenvalue weighted by molar-refractivity contribution is 5.98. The van der Waals surface area contributed by atoms with E-state index < -0.39 is 5.91 Å². The van der Waals surface area contributed by atoms with E-state index in [0.29, 0.717) is 11.5 Å². The number of carbonyl (C=O) groups is 1. The molecule has 4 heteroatoms. The van der Waals surface area contributed by atoms with Crippen molar-refractivity contribution in [2.75, 3.05) is 0 Å². The van der Waals surface area contributed by atoms with Crippen LogP contribution in [0.3, 0.4) is 0 Å². The number of benzene rings is 1. The summed E-state index contributed by atoms with van der Waals surface area (Å²) in [5.41, 5.74) is 4.48. The number of aryl methyl sites for hydroxylation is 1. The molecule has 0 spiro atoms. The summed E-state index contributed by atoms with van der Waals surface area (Å²) in [6.45, 7) is 4.32. The van der Waals surface area contributed by atoms with Crippen LogP contribution in [0.5, 0.6) is 0 Å². The van der Waals surface area contributed by atoms with Crippen molar-refractivity contribution >= 4 is 16.8 Å². The molecule has 1 amide bonds. The van der Waals surface area contributed by atoms with Crippen LogP contribution in [0.25, 0.3) is 10.9 Å². The molecule has 1 aromatic heterocycles. The van der Waals surface area contributed by atoms with Crippen molar-refractivity contribution in [3.63, 3.8) is 0 Å². The molecule has 0 saturated carbocycles. The lowest BCUT2D eigenvalue weighted by Gasteiger charge is -2.07. The predicted molar refractivity (Wildman–Crippen MR) is 70.9 cm³/mol. The molecule has 0 saturated heterocycles. The van der Waals surface area contributed by atoms with Crippen molar-refractivity contribution < 1.29 is 10.0 Å². The Labute approximate surface area is 106 Å². The van der Waals surface area contributed by atoms with Crippen LogP contribution in [0, 0.1) is 0 Å². The Morgan fingerprint density at radius 1 is 1.50 bits per heavy atom. The highest BCUT2D eigenvalue weighted by Gasteiger charge is 2.14. The zero-order valence-electron chi connectivity index (χ0n) is 10.9. The maximum absolute atomic E-state index is 11.4. The summed E-state index contributed by atoms with van der Waals surface area (Å²) < 4.78 is 2.07. The maximum Gasteiger partial charge on any atom is 0.274 e. The molecule has 96 valence electrons. The van der Waals surface area contributed by atoms with Crippen LogP contribution >= 0.6 is 0 Å². The average Bonchev–Trinajstić information content (AvgIpc) is 2.74. The SMILES string of the molecule is CCC(C)c1cn(C)c2ccc(C(=O)NO)cc12. The largest absolute Gasteiger partial charge is 0.350 e. The Morgan fingerprint density at radius 2 is 2.22 bits per heavy atom. The van der Waals surface area contributed by atoms with Crippen molar-refractivity contribution in [1.82, 2.24) is 10.0 Å². The normalized spacial score (nSPS) is 12.7. The molecule has 2 rings (SSSR count). The number of aromatic nitrogens is 1. The number of rotatable bonds is 3. The zero-order valence-corrected chi connectivity index (χ0v) is 10.9. The van der Waals surface area contributed by atoms with E-state index in [1.54, 1.807) is 11.5 Å². The highest BCUT2D eigenvalue weighted by Crippen LogP contribution is 2.29. The van der Waals surface area contributed by atoms with Crippen molar-refractivity contribution in [3.8, 4) is 0 Å². The minimum absolute atomic E-state index is 0.445. The van der Waals surface area contributed by atoms with Gasteiger partial charge in [-0.05, 0) is 36.1 Å². The van der Waals surface area contributed by atoms with Crippen LogP contribution in [-0.2, 0) is 7.05 Å². The Hall–Kier alpha value is -1.81. The van der Waals surface area contributed by atoms with Gasteiger partial charge in [0, 0.05) is 29.7 Å². The van der Waals surface area contributed by atoms with Crippen molar-refractivity contribution in [2.24, 2.45) is 7.05 Å². The number of carbonyl (C=O) groups excluding carboxylic acids is 1.